The molecule has 2 atom stereocenters. The van der Waals surface area contributed by atoms with Crippen LogP contribution < -0.4 is 14.5 Å². The molecule has 2 fully saturated rings. The highest BCUT2D eigenvalue weighted by atomic mass is 16.5. The molecule has 130 valence electrons. The van der Waals surface area contributed by atoms with Gasteiger partial charge < -0.3 is 14.5 Å². The predicted octanol–water partition coefficient (Wildman–Crippen LogP) is 2.39. The molecule has 0 spiro atoms. The number of piperazine rings is 1. The third-order valence-electron chi connectivity index (χ3n) is 6.94. The first kappa shape index (κ1) is 16.0. The quantitative estimate of drug-likeness (QED) is 0.855. The van der Waals surface area contributed by atoms with Crippen molar-refractivity contribution in [2.75, 3.05) is 44.7 Å². The third-order valence-corrected chi connectivity index (χ3v) is 6.94. The van der Waals surface area contributed by atoms with E-state index in [1.54, 1.807) is 17.6 Å². The largest absolute Gasteiger partial charge is 0.497 e. The fourth-order valence-electron chi connectivity index (χ4n) is 5.02. The van der Waals surface area contributed by atoms with Crippen LogP contribution in [0.3, 0.4) is 0 Å². The average molecular weight is 327 g/mol. The second-order valence-corrected chi connectivity index (χ2v) is 8.43. The Morgan fingerprint density at radius 1 is 1.17 bits per heavy atom. The highest BCUT2D eigenvalue weighted by Gasteiger charge is 2.51. The van der Waals surface area contributed by atoms with E-state index in [-0.39, 0.29) is 0 Å². The van der Waals surface area contributed by atoms with Crippen LogP contribution in [0.15, 0.2) is 35.9 Å². The number of methoxy groups -OCH3 is 1. The highest BCUT2D eigenvalue weighted by Crippen LogP contribution is 2.58. The van der Waals surface area contributed by atoms with Crippen LogP contribution in [-0.2, 0) is 0 Å². The van der Waals surface area contributed by atoms with Crippen LogP contribution in [0, 0.1) is 17.3 Å². The molecule has 1 aromatic rings. The van der Waals surface area contributed by atoms with E-state index in [0.717, 1.165) is 30.7 Å². The van der Waals surface area contributed by atoms with E-state index >= 15 is 0 Å². The van der Waals surface area contributed by atoms with Gasteiger partial charge in [0.05, 0.1) is 39.8 Å². The molecule has 2 bridgehead atoms. The lowest BCUT2D eigenvalue weighted by Crippen LogP contribution is -3.15. The summed E-state index contributed by atoms with van der Waals surface area (Å²) >= 11 is 0. The summed E-state index contributed by atoms with van der Waals surface area (Å²) in [7, 11) is 1.72. The first-order chi connectivity index (χ1) is 11.6. The molecule has 1 aliphatic heterocycles. The van der Waals surface area contributed by atoms with Crippen LogP contribution in [-0.4, -0.2) is 39.8 Å². The Morgan fingerprint density at radius 2 is 1.88 bits per heavy atom. The molecule has 3 aliphatic carbocycles. The van der Waals surface area contributed by atoms with Crippen molar-refractivity contribution in [1.82, 2.24) is 0 Å². The van der Waals surface area contributed by atoms with Gasteiger partial charge in [-0.05, 0) is 59.9 Å². The normalized spacial score (nSPS) is 29.0. The Kier molecular flexibility index (Phi) is 4.07. The monoisotopic (exact) mass is 327 g/mol. The van der Waals surface area contributed by atoms with Crippen LogP contribution in [0.25, 0.3) is 0 Å². The molecule has 0 unspecified atom stereocenters. The second-order valence-electron chi connectivity index (χ2n) is 8.43. The van der Waals surface area contributed by atoms with Crippen molar-refractivity contribution in [1.29, 1.82) is 0 Å². The number of rotatable bonds is 4. The molecule has 1 heterocycles. The smallest absolute Gasteiger partial charge is 0.119 e. The van der Waals surface area contributed by atoms with Crippen molar-refractivity contribution in [3.63, 3.8) is 0 Å². The predicted molar refractivity (Wildman–Crippen MR) is 98.8 cm³/mol. The Labute approximate surface area is 146 Å². The van der Waals surface area contributed by atoms with Gasteiger partial charge in [0.15, 0.2) is 0 Å². The molecule has 1 N–H and O–H groups in total. The molecule has 0 amide bonds. The van der Waals surface area contributed by atoms with E-state index in [9.17, 15) is 0 Å². The molecular weight excluding hydrogens is 296 g/mol. The molecule has 5 rings (SSSR count). The number of allylic oxidation sites excluding steroid dienone is 1. The summed E-state index contributed by atoms with van der Waals surface area (Å²) in [6.07, 6.45) is 5.35. The van der Waals surface area contributed by atoms with Crippen LogP contribution in [0.1, 0.15) is 26.7 Å². The van der Waals surface area contributed by atoms with Gasteiger partial charge in [-0.25, -0.2) is 0 Å². The topological polar surface area (TPSA) is 16.9 Å². The first-order valence-electron chi connectivity index (χ1n) is 9.49. The van der Waals surface area contributed by atoms with Crippen molar-refractivity contribution in [3.8, 4) is 5.75 Å². The molecule has 4 aliphatic rings. The first-order valence-corrected chi connectivity index (χ1v) is 9.49. The van der Waals surface area contributed by atoms with E-state index in [1.807, 2.05) is 0 Å². The van der Waals surface area contributed by atoms with Gasteiger partial charge in [-0.1, -0.05) is 19.9 Å². The number of hydrogen-bond donors (Lipinski definition) is 1. The molecule has 0 radical (unpaired) electrons. The average Bonchev–Trinajstić information content (AvgIpc) is 2.62. The van der Waals surface area contributed by atoms with Crippen molar-refractivity contribution < 1.29 is 9.64 Å². The maximum absolute atomic E-state index is 5.26. The van der Waals surface area contributed by atoms with Crippen LogP contribution in [0.4, 0.5) is 5.69 Å². The zero-order valence-electron chi connectivity index (χ0n) is 15.3. The Hall–Kier alpha value is -1.48. The van der Waals surface area contributed by atoms with Crippen molar-refractivity contribution in [2.45, 2.75) is 26.7 Å². The minimum absolute atomic E-state index is 0.564. The summed E-state index contributed by atoms with van der Waals surface area (Å²) in [6, 6.07) is 8.50. The maximum Gasteiger partial charge on any atom is 0.119 e. The summed E-state index contributed by atoms with van der Waals surface area (Å²) < 4.78 is 5.26. The van der Waals surface area contributed by atoms with E-state index in [1.165, 1.54) is 38.2 Å². The lowest BCUT2D eigenvalue weighted by atomic mass is 9.49. The lowest BCUT2D eigenvalue weighted by Gasteiger charge is -2.56. The number of hydrogen-bond acceptors (Lipinski definition) is 2. The summed E-state index contributed by atoms with van der Waals surface area (Å²) in [6.45, 7) is 11.1. The molecule has 1 aromatic carbocycles. The summed E-state index contributed by atoms with van der Waals surface area (Å²) in [5.41, 5.74) is 3.65. The van der Waals surface area contributed by atoms with Crippen molar-refractivity contribution in [2.24, 2.45) is 17.3 Å². The van der Waals surface area contributed by atoms with Gasteiger partial charge >= 0.3 is 0 Å². The van der Waals surface area contributed by atoms with Crippen LogP contribution in [0.2, 0.25) is 0 Å². The summed E-state index contributed by atoms with van der Waals surface area (Å²) in [4.78, 5) is 4.29. The van der Waals surface area contributed by atoms with E-state index < -0.39 is 0 Å². The zero-order chi connectivity index (χ0) is 16.7. The van der Waals surface area contributed by atoms with Gasteiger partial charge in [-0.3, -0.25) is 0 Å². The van der Waals surface area contributed by atoms with E-state index in [4.69, 9.17) is 4.74 Å². The van der Waals surface area contributed by atoms with Crippen LogP contribution in [0.5, 0.6) is 5.75 Å². The highest BCUT2D eigenvalue weighted by molar-refractivity contribution is 5.49. The molecule has 24 heavy (non-hydrogen) atoms. The summed E-state index contributed by atoms with van der Waals surface area (Å²) in [5.74, 6) is 2.75. The van der Waals surface area contributed by atoms with Crippen molar-refractivity contribution in [3.05, 3.63) is 35.9 Å². The van der Waals surface area contributed by atoms with Gasteiger partial charge in [0, 0.05) is 5.69 Å². The maximum atomic E-state index is 5.26. The fourth-order valence-corrected chi connectivity index (χ4v) is 5.02. The zero-order valence-corrected chi connectivity index (χ0v) is 15.3. The lowest BCUT2D eigenvalue weighted by molar-refractivity contribution is -0.896. The number of fused-ring (bicyclic) bond motifs is 1. The molecular formula is C21H31N2O+. The Bertz CT molecular complexity index is 611. The standard InChI is InChI=1S/C21H30N2O/c1-21(2)17-5-4-16(20(21)14-17)15-22-10-12-23(13-11-22)18-6-8-19(24-3)9-7-18/h4,6-9,17,20H,5,10-15H2,1-3H3/p+1/t17-,20-/m1/s1. The Balaban J connectivity index is 1.32. The Morgan fingerprint density at radius 3 is 2.46 bits per heavy atom. The number of nitrogens with one attached hydrogen (secondary N) is 1. The van der Waals surface area contributed by atoms with Gasteiger partial charge in [0.1, 0.15) is 5.75 Å². The number of quaternary nitrogens is 1. The fraction of sp³-hybridized carbons (Fsp3) is 0.619. The van der Waals surface area contributed by atoms with Gasteiger partial charge in [-0.2, -0.15) is 0 Å². The van der Waals surface area contributed by atoms with Crippen molar-refractivity contribution >= 4 is 5.69 Å². The van der Waals surface area contributed by atoms with Gasteiger partial charge in [0.25, 0.3) is 0 Å². The van der Waals surface area contributed by atoms with Gasteiger partial charge in [-0.15, -0.1) is 0 Å². The molecule has 0 aromatic heterocycles. The number of ether oxygens (including phenoxy) is 1. The minimum atomic E-state index is 0.564. The number of nitrogens with zero attached hydrogens (tertiary/aromatic N) is 1. The SMILES string of the molecule is COc1ccc(N2CC[NH+](CC3=CC[C@@H]4C[C@H]3C4(C)C)CC2)cc1. The number of anilines is 1. The van der Waals surface area contributed by atoms with E-state index in [2.05, 4.69) is 49.1 Å². The second kappa shape index (κ2) is 6.11. The van der Waals surface area contributed by atoms with Gasteiger partial charge in [0.2, 0.25) is 0 Å². The summed E-state index contributed by atoms with van der Waals surface area (Å²) in [5, 5.41) is 0. The molecule has 3 nitrogen and oxygen atoms in total. The molecule has 3 heteroatoms. The molecule has 1 saturated carbocycles. The number of benzene rings is 1. The van der Waals surface area contributed by atoms with E-state index in [0.29, 0.717) is 5.41 Å². The third kappa shape index (κ3) is 2.73. The van der Waals surface area contributed by atoms with Crippen LogP contribution >= 0.6 is 0 Å². The molecule has 1 saturated heterocycles. The minimum Gasteiger partial charge on any atom is -0.497 e.